The van der Waals surface area contributed by atoms with E-state index in [9.17, 15) is 9.59 Å². The monoisotopic (exact) mass is 421 g/mol. The Morgan fingerprint density at radius 1 is 1.04 bits per heavy atom. The van der Waals surface area contributed by atoms with Gasteiger partial charge in [-0.1, -0.05) is 41.9 Å². The highest BCUT2D eigenvalue weighted by Crippen LogP contribution is 2.11. The SMILES string of the molecule is Cl.O=C(NC(Cc1ccccc1)C(=O)NC1CCNCC1)c1ccc(Cl)cc1. The summed E-state index contributed by atoms with van der Waals surface area (Å²) in [5.41, 5.74) is 1.48. The first-order chi connectivity index (χ1) is 13.1. The zero-order valence-electron chi connectivity index (χ0n) is 15.5. The molecule has 0 radical (unpaired) electrons. The number of carbonyl (C=O) groups excluding carboxylic acids is 2. The van der Waals surface area contributed by atoms with E-state index in [2.05, 4.69) is 16.0 Å². The van der Waals surface area contributed by atoms with Crippen LogP contribution in [0.5, 0.6) is 0 Å². The van der Waals surface area contributed by atoms with Crippen molar-refractivity contribution in [2.75, 3.05) is 13.1 Å². The molecule has 2 aromatic rings. The molecule has 0 aromatic heterocycles. The van der Waals surface area contributed by atoms with E-state index in [1.54, 1.807) is 24.3 Å². The third-order valence-electron chi connectivity index (χ3n) is 4.70. The Kier molecular flexibility index (Phi) is 8.77. The van der Waals surface area contributed by atoms with Gasteiger partial charge in [0, 0.05) is 23.0 Å². The molecule has 1 aliphatic heterocycles. The molecule has 0 bridgehead atoms. The third kappa shape index (κ3) is 6.51. The van der Waals surface area contributed by atoms with Crippen molar-refractivity contribution in [1.82, 2.24) is 16.0 Å². The normalized spacial score (nSPS) is 15.2. The maximum absolute atomic E-state index is 12.9. The fourth-order valence-corrected chi connectivity index (χ4v) is 3.30. The molecule has 1 fully saturated rings. The molecular weight excluding hydrogens is 397 g/mol. The van der Waals surface area contributed by atoms with Crippen LogP contribution in [-0.2, 0) is 11.2 Å². The molecule has 1 unspecified atom stereocenters. The van der Waals surface area contributed by atoms with Gasteiger partial charge in [-0.15, -0.1) is 12.4 Å². The maximum atomic E-state index is 12.9. The maximum Gasteiger partial charge on any atom is 0.251 e. The molecule has 0 aliphatic carbocycles. The van der Waals surface area contributed by atoms with Gasteiger partial charge in [0.15, 0.2) is 0 Å². The van der Waals surface area contributed by atoms with Gasteiger partial charge in [0.1, 0.15) is 6.04 Å². The van der Waals surface area contributed by atoms with E-state index in [-0.39, 0.29) is 30.3 Å². The van der Waals surface area contributed by atoms with Crippen LogP contribution in [0.4, 0.5) is 0 Å². The molecule has 1 heterocycles. The lowest BCUT2D eigenvalue weighted by Gasteiger charge is -2.26. The quantitative estimate of drug-likeness (QED) is 0.671. The minimum absolute atomic E-state index is 0. The molecule has 5 nitrogen and oxygen atoms in total. The molecule has 0 spiro atoms. The summed E-state index contributed by atoms with van der Waals surface area (Å²) in [6, 6.07) is 15.9. The van der Waals surface area contributed by atoms with Crippen molar-refractivity contribution >= 4 is 35.8 Å². The largest absolute Gasteiger partial charge is 0.351 e. The van der Waals surface area contributed by atoms with Crippen LogP contribution in [0.3, 0.4) is 0 Å². The summed E-state index contributed by atoms with van der Waals surface area (Å²) < 4.78 is 0. The zero-order valence-corrected chi connectivity index (χ0v) is 17.1. The summed E-state index contributed by atoms with van der Waals surface area (Å²) in [6.45, 7) is 1.79. The predicted octanol–water partition coefficient (Wildman–Crippen LogP) is 2.97. The number of benzene rings is 2. The van der Waals surface area contributed by atoms with Crippen molar-refractivity contribution in [1.29, 1.82) is 0 Å². The van der Waals surface area contributed by atoms with Gasteiger partial charge in [-0.2, -0.15) is 0 Å². The lowest BCUT2D eigenvalue weighted by molar-refractivity contribution is -0.123. The number of hydrogen-bond donors (Lipinski definition) is 3. The minimum Gasteiger partial charge on any atom is -0.351 e. The van der Waals surface area contributed by atoms with Crippen LogP contribution in [0.1, 0.15) is 28.8 Å². The lowest BCUT2D eigenvalue weighted by atomic mass is 10.0. The Hall–Kier alpha value is -2.08. The molecule has 1 aliphatic rings. The first kappa shape index (κ1) is 22.2. The fraction of sp³-hybridized carbons (Fsp3) is 0.333. The summed E-state index contributed by atoms with van der Waals surface area (Å²) >= 11 is 5.89. The van der Waals surface area contributed by atoms with Crippen molar-refractivity contribution in [3.63, 3.8) is 0 Å². The lowest BCUT2D eigenvalue weighted by Crippen LogP contribution is -2.52. The van der Waals surface area contributed by atoms with Gasteiger partial charge in [-0.25, -0.2) is 0 Å². The van der Waals surface area contributed by atoms with Crippen LogP contribution in [0, 0.1) is 0 Å². The molecule has 7 heteroatoms. The van der Waals surface area contributed by atoms with E-state index in [1.807, 2.05) is 30.3 Å². The second-order valence-corrected chi connectivity index (χ2v) is 7.19. The van der Waals surface area contributed by atoms with E-state index in [1.165, 1.54) is 0 Å². The van der Waals surface area contributed by atoms with Crippen LogP contribution in [0.25, 0.3) is 0 Å². The van der Waals surface area contributed by atoms with Crippen LogP contribution in [0.15, 0.2) is 54.6 Å². The smallest absolute Gasteiger partial charge is 0.251 e. The number of carbonyl (C=O) groups is 2. The Morgan fingerprint density at radius 3 is 2.32 bits per heavy atom. The van der Waals surface area contributed by atoms with Crippen LogP contribution >= 0.6 is 24.0 Å². The first-order valence-electron chi connectivity index (χ1n) is 9.23. The van der Waals surface area contributed by atoms with Gasteiger partial charge in [-0.3, -0.25) is 9.59 Å². The average Bonchev–Trinajstić information content (AvgIpc) is 2.69. The van der Waals surface area contributed by atoms with Crippen molar-refractivity contribution in [3.8, 4) is 0 Å². The van der Waals surface area contributed by atoms with Crippen molar-refractivity contribution < 1.29 is 9.59 Å². The molecule has 2 amide bonds. The zero-order chi connectivity index (χ0) is 19.1. The molecule has 1 saturated heterocycles. The van der Waals surface area contributed by atoms with Crippen LogP contribution < -0.4 is 16.0 Å². The summed E-state index contributed by atoms with van der Waals surface area (Å²) in [6.07, 6.45) is 2.24. The van der Waals surface area contributed by atoms with Crippen molar-refractivity contribution in [2.45, 2.75) is 31.3 Å². The minimum atomic E-state index is -0.634. The fourth-order valence-electron chi connectivity index (χ4n) is 3.17. The number of amides is 2. The average molecular weight is 422 g/mol. The summed E-state index contributed by atoms with van der Waals surface area (Å²) in [7, 11) is 0. The second kappa shape index (κ2) is 11.1. The molecule has 1 atom stereocenters. The van der Waals surface area contributed by atoms with Gasteiger partial charge in [0.2, 0.25) is 5.91 Å². The molecule has 3 rings (SSSR count). The molecule has 3 N–H and O–H groups in total. The Bertz CT molecular complexity index is 763. The summed E-state index contributed by atoms with van der Waals surface area (Å²) in [5.74, 6) is -0.430. The molecule has 0 saturated carbocycles. The van der Waals surface area contributed by atoms with Crippen molar-refractivity contribution in [3.05, 3.63) is 70.7 Å². The molecule has 150 valence electrons. The molecular formula is C21H25Cl2N3O2. The summed E-state index contributed by atoms with van der Waals surface area (Å²) in [4.78, 5) is 25.5. The molecule has 2 aromatic carbocycles. The highest BCUT2D eigenvalue weighted by Gasteiger charge is 2.25. The van der Waals surface area contributed by atoms with Crippen LogP contribution in [0.2, 0.25) is 5.02 Å². The van der Waals surface area contributed by atoms with E-state index in [4.69, 9.17) is 11.6 Å². The van der Waals surface area contributed by atoms with E-state index >= 15 is 0 Å². The standard InChI is InChI=1S/C21H24ClN3O2.ClH/c22-17-8-6-16(7-9-17)20(26)25-19(14-15-4-2-1-3-5-15)21(27)24-18-10-12-23-13-11-18;/h1-9,18-19,23H,10-14H2,(H,24,27)(H,25,26);1H. The van der Waals surface area contributed by atoms with E-state index in [0.29, 0.717) is 17.0 Å². The van der Waals surface area contributed by atoms with E-state index < -0.39 is 6.04 Å². The topological polar surface area (TPSA) is 70.2 Å². The van der Waals surface area contributed by atoms with Gasteiger partial charge in [0.25, 0.3) is 5.91 Å². The number of hydrogen-bond acceptors (Lipinski definition) is 3. The number of piperidine rings is 1. The van der Waals surface area contributed by atoms with Gasteiger partial charge in [0.05, 0.1) is 0 Å². The van der Waals surface area contributed by atoms with E-state index in [0.717, 1.165) is 31.5 Å². The summed E-state index contributed by atoms with van der Waals surface area (Å²) in [5, 5.41) is 9.82. The molecule has 28 heavy (non-hydrogen) atoms. The highest BCUT2D eigenvalue weighted by atomic mass is 35.5. The van der Waals surface area contributed by atoms with Gasteiger partial charge in [-0.05, 0) is 55.8 Å². The number of rotatable bonds is 6. The number of halogens is 2. The predicted molar refractivity (Wildman–Crippen MR) is 114 cm³/mol. The number of nitrogens with one attached hydrogen (secondary N) is 3. The Labute approximate surface area is 176 Å². The highest BCUT2D eigenvalue weighted by molar-refractivity contribution is 6.30. The van der Waals surface area contributed by atoms with Gasteiger partial charge >= 0.3 is 0 Å². The second-order valence-electron chi connectivity index (χ2n) is 6.76. The third-order valence-corrected chi connectivity index (χ3v) is 4.95. The van der Waals surface area contributed by atoms with Gasteiger partial charge < -0.3 is 16.0 Å². The Morgan fingerprint density at radius 2 is 1.68 bits per heavy atom. The van der Waals surface area contributed by atoms with Crippen LogP contribution in [-0.4, -0.2) is 37.0 Å². The van der Waals surface area contributed by atoms with Crippen molar-refractivity contribution in [2.24, 2.45) is 0 Å². The first-order valence-corrected chi connectivity index (χ1v) is 9.61. The Balaban J connectivity index is 0.00000280.